The minimum absolute atomic E-state index is 0.116. The Labute approximate surface area is 160 Å². The first-order chi connectivity index (χ1) is 13.1. The molecule has 2 aromatic heterocycles. The van der Waals surface area contributed by atoms with Crippen molar-refractivity contribution in [2.75, 3.05) is 0 Å². The molecule has 0 unspecified atom stereocenters. The smallest absolute Gasteiger partial charge is 0.306 e. The van der Waals surface area contributed by atoms with Gasteiger partial charge in [-0.25, -0.2) is 4.68 Å². The van der Waals surface area contributed by atoms with Crippen LogP contribution >= 0.6 is 11.3 Å². The van der Waals surface area contributed by atoms with Gasteiger partial charge in [0.25, 0.3) is 5.91 Å². The van der Waals surface area contributed by atoms with Crippen LogP contribution in [0.3, 0.4) is 0 Å². The number of aliphatic carboxylic acids is 1. The Morgan fingerprint density at radius 1 is 1.15 bits per heavy atom. The SMILES string of the molecule is O=C(N[C@@H]1CC[C@H](C(=O)O)C1)c1cn(-c2ccccc2)nc1-c1cccs1. The first kappa shape index (κ1) is 17.5. The molecule has 0 bridgehead atoms. The van der Waals surface area contributed by atoms with Crippen LogP contribution in [0.5, 0.6) is 0 Å². The molecule has 0 aliphatic heterocycles. The summed E-state index contributed by atoms with van der Waals surface area (Å²) in [5.41, 5.74) is 2.01. The molecule has 0 radical (unpaired) electrons. The van der Waals surface area contributed by atoms with Crippen molar-refractivity contribution in [2.45, 2.75) is 25.3 Å². The average molecular weight is 381 g/mol. The van der Waals surface area contributed by atoms with E-state index in [4.69, 9.17) is 5.11 Å². The van der Waals surface area contributed by atoms with Crippen LogP contribution < -0.4 is 5.32 Å². The van der Waals surface area contributed by atoms with E-state index in [1.54, 1.807) is 10.9 Å². The number of nitrogens with zero attached hydrogens (tertiary/aromatic N) is 2. The zero-order valence-electron chi connectivity index (χ0n) is 14.5. The molecule has 1 amide bonds. The van der Waals surface area contributed by atoms with Gasteiger partial charge in [-0.3, -0.25) is 9.59 Å². The number of carbonyl (C=O) groups excluding carboxylic acids is 1. The molecule has 1 aliphatic carbocycles. The van der Waals surface area contributed by atoms with Crippen molar-refractivity contribution >= 4 is 23.2 Å². The van der Waals surface area contributed by atoms with Gasteiger partial charge in [0.15, 0.2) is 0 Å². The second-order valence-corrected chi connectivity index (χ2v) is 7.62. The molecule has 2 atom stereocenters. The predicted octanol–water partition coefficient (Wildman–Crippen LogP) is 3.58. The Hall–Kier alpha value is -2.93. The van der Waals surface area contributed by atoms with E-state index in [1.807, 2.05) is 47.8 Å². The van der Waals surface area contributed by atoms with Crippen molar-refractivity contribution in [3.05, 3.63) is 59.6 Å². The lowest BCUT2D eigenvalue weighted by atomic mass is 10.1. The number of para-hydroxylation sites is 1. The zero-order valence-corrected chi connectivity index (χ0v) is 15.4. The van der Waals surface area contributed by atoms with E-state index < -0.39 is 5.97 Å². The lowest BCUT2D eigenvalue weighted by Crippen LogP contribution is -2.33. The van der Waals surface area contributed by atoms with Crippen molar-refractivity contribution in [1.82, 2.24) is 15.1 Å². The highest BCUT2D eigenvalue weighted by atomic mass is 32.1. The van der Waals surface area contributed by atoms with Crippen LogP contribution in [0.2, 0.25) is 0 Å². The van der Waals surface area contributed by atoms with Crippen LogP contribution in [0.4, 0.5) is 0 Å². The zero-order chi connectivity index (χ0) is 18.8. The van der Waals surface area contributed by atoms with Gasteiger partial charge >= 0.3 is 5.97 Å². The normalized spacial score (nSPS) is 19.1. The fraction of sp³-hybridized carbons (Fsp3) is 0.250. The second-order valence-electron chi connectivity index (χ2n) is 6.67. The van der Waals surface area contributed by atoms with E-state index in [1.165, 1.54) is 11.3 Å². The Bertz CT molecular complexity index is 950. The third-order valence-electron chi connectivity index (χ3n) is 4.85. The van der Waals surface area contributed by atoms with Crippen LogP contribution in [0.25, 0.3) is 16.3 Å². The standard InChI is InChI=1S/C20H19N3O3S/c24-19(21-14-9-8-13(11-14)20(25)26)16-12-23(15-5-2-1-3-6-15)22-18(16)17-7-4-10-27-17/h1-7,10,12-14H,8-9,11H2,(H,21,24)(H,25,26)/t13-,14+/m0/s1. The molecule has 6 nitrogen and oxygen atoms in total. The van der Waals surface area contributed by atoms with Gasteiger partial charge in [0.05, 0.1) is 22.0 Å². The van der Waals surface area contributed by atoms with Crippen LogP contribution in [0.15, 0.2) is 54.0 Å². The maximum absolute atomic E-state index is 12.9. The van der Waals surface area contributed by atoms with Gasteiger partial charge in [-0.1, -0.05) is 24.3 Å². The first-order valence-corrected chi connectivity index (χ1v) is 9.72. The minimum atomic E-state index is -0.789. The molecule has 7 heteroatoms. The van der Waals surface area contributed by atoms with E-state index in [0.29, 0.717) is 30.5 Å². The summed E-state index contributed by atoms with van der Waals surface area (Å²) in [5, 5.41) is 18.7. The maximum Gasteiger partial charge on any atom is 0.306 e. The summed E-state index contributed by atoms with van der Waals surface area (Å²) in [5.74, 6) is -1.38. The fourth-order valence-corrected chi connectivity index (χ4v) is 4.17. The number of nitrogens with one attached hydrogen (secondary N) is 1. The van der Waals surface area contributed by atoms with Gasteiger partial charge in [0.1, 0.15) is 5.69 Å². The van der Waals surface area contributed by atoms with Crippen molar-refractivity contribution in [1.29, 1.82) is 0 Å². The van der Waals surface area contributed by atoms with Gasteiger partial charge < -0.3 is 10.4 Å². The Kier molecular flexibility index (Phi) is 4.77. The van der Waals surface area contributed by atoms with Gasteiger partial charge in [0.2, 0.25) is 0 Å². The predicted molar refractivity (Wildman–Crippen MR) is 103 cm³/mol. The largest absolute Gasteiger partial charge is 0.481 e. The van der Waals surface area contributed by atoms with Crippen molar-refractivity contribution in [3.63, 3.8) is 0 Å². The molecule has 2 heterocycles. The van der Waals surface area contributed by atoms with Crippen molar-refractivity contribution < 1.29 is 14.7 Å². The molecule has 1 aromatic carbocycles. The molecule has 3 aromatic rings. The molecule has 4 rings (SSSR count). The van der Waals surface area contributed by atoms with Crippen LogP contribution in [0, 0.1) is 5.92 Å². The van der Waals surface area contributed by atoms with E-state index in [9.17, 15) is 9.59 Å². The maximum atomic E-state index is 12.9. The van der Waals surface area contributed by atoms with E-state index in [2.05, 4.69) is 10.4 Å². The van der Waals surface area contributed by atoms with Crippen LogP contribution in [-0.4, -0.2) is 32.8 Å². The molecular weight excluding hydrogens is 362 g/mol. The number of amides is 1. The van der Waals surface area contributed by atoms with E-state index in [0.717, 1.165) is 10.6 Å². The number of thiophene rings is 1. The van der Waals surface area contributed by atoms with Gasteiger partial charge in [-0.05, 0) is 42.8 Å². The average Bonchev–Trinajstić information content (AvgIpc) is 3.42. The molecule has 27 heavy (non-hydrogen) atoms. The number of rotatable bonds is 5. The summed E-state index contributed by atoms with van der Waals surface area (Å²) in [6.45, 7) is 0. The summed E-state index contributed by atoms with van der Waals surface area (Å²) < 4.78 is 1.71. The molecular formula is C20H19N3O3S. The Morgan fingerprint density at radius 3 is 2.63 bits per heavy atom. The summed E-state index contributed by atoms with van der Waals surface area (Å²) in [6, 6.07) is 13.4. The highest BCUT2D eigenvalue weighted by molar-refractivity contribution is 7.13. The molecule has 1 aliphatic rings. The Morgan fingerprint density at radius 2 is 1.96 bits per heavy atom. The summed E-state index contributed by atoms with van der Waals surface area (Å²) in [6.07, 6.45) is 3.50. The third kappa shape index (κ3) is 3.64. The molecule has 0 saturated heterocycles. The van der Waals surface area contributed by atoms with Crippen molar-refractivity contribution in [2.24, 2.45) is 5.92 Å². The summed E-state index contributed by atoms with van der Waals surface area (Å²) in [7, 11) is 0. The molecule has 1 saturated carbocycles. The molecule has 1 fully saturated rings. The molecule has 0 spiro atoms. The topological polar surface area (TPSA) is 84.2 Å². The van der Waals surface area contributed by atoms with Crippen LogP contribution in [0.1, 0.15) is 29.6 Å². The van der Waals surface area contributed by atoms with Gasteiger partial charge in [-0.15, -0.1) is 11.3 Å². The Balaban J connectivity index is 1.62. The third-order valence-corrected chi connectivity index (χ3v) is 5.73. The monoisotopic (exact) mass is 381 g/mol. The molecule has 138 valence electrons. The minimum Gasteiger partial charge on any atom is -0.481 e. The lowest BCUT2D eigenvalue weighted by molar-refractivity contribution is -0.141. The first-order valence-electron chi connectivity index (χ1n) is 8.84. The number of benzene rings is 1. The van der Waals surface area contributed by atoms with E-state index in [-0.39, 0.29) is 17.9 Å². The number of hydrogen-bond donors (Lipinski definition) is 2. The molecule has 2 N–H and O–H groups in total. The highest BCUT2D eigenvalue weighted by Crippen LogP contribution is 2.29. The lowest BCUT2D eigenvalue weighted by Gasteiger charge is -2.12. The van der Waals surface area contributed by atoms with E-state index >= 15 is 0 Å². The number of aromatic nitrogens is 2. The van der Waals surface area contributed by atoms with Gasteiger partial charge in [0, 0.05) is 12.2 Å². The number of hydrogen-bond acceptors (Lipinski definition) is 4. The highest BCUT2D eigenvalue weighted by Gasteiger charge is 2.31. The number of carboxylic acid groups (broad SMARTS) is 1. The number of carboxylic acids is 1. The summed E-state index contributed by atoms with van der Waals surface area (Å²) in [4.78, 5) is 25.0. The number of carbonyl (C=O) groups is 2. The van der Waals surface area contributed by atoms with Gasteiger partial charge in [-0.2, -0.15) is 5.10 Å². The summed E-state index contributed by atoms with van der Waals surface area (Å²) >= 11 is 1.53. The second kappa shape index (κ2) is 7.36. The van der Waals surface area contributed by atoms with Crippen LogP contribution in [-0.2, 0) is 4.79 Å². The van der Waals surface area contributed by atoms with Crippen molar-refractivity contribution in [3.8, 4) is 16.3 Å². The quantitative estimate of drug-likeness (QED) is 0.707. The fourth-order valence-electron chi connectivity index (χ4n) is 3.45.